The van der Waals surface area contributed by atoms with Crippen LogP contribution in [0, 0.1) is 0 Å². The molecule has 1 heterocycles. The fraction of sp³-hybridized carbons (Fsp3) is 0.571. The molecular weight excluding hydrogens is 278 g/mol. The number of benzene rings is 1. The van der Waals surface area contributed by atoms with Crippen LogP contribution in [-0.2, 0) is 4.74 Å². The highest BCUT2D eigenvalue weighted by atomic mass is 79.9. The molecule has 2 N–H and O–H groups in total. The molecule has 0 saturated carbocycles. The molecule has 0 spiro atoms. The third kappa shape index (κ3) is 3.80. The van der Waals surface area contributed by atoms with E-state index in [2.05, 4.69) is 40.2 Å². The maximum Gasteiger partial charge on any atom is 0.0576 e. The van der Waals surface area contributed by atoms with Crippen molar-refractivity contribution >= 4 is 15.9 Å². The zero-order valence-corrected chi connectivity index (χ0v) is 11.7. The molecule has 0 radical (unpaired) electrons. The van der Waals surface area contributed by atoms with Crippen LogP contribution in [-0.4, -0.2) is 19.3 Å². The van der Waals surface area contributed by atoms with E-state index in [0.29, 0.717) is 18.6 Å². The summed E-state index contributed by atoms with van der Waals surface area (Å²) in [7, 11) is 0. The molecule has 0 amide bonds. The molecule has 0 aliphatic carbocycles. The van der Waals surface area contributed by atoms with Gasteiger partial charge in [0, 0.05) is 11.1 Å². The Kier molecular flexibility index (Phi) is 5.01. The molecular formula is C14H20BrNO. The van der Waals surface area contributed by atoms with E-state index in [0.717, 1.165) is 23.9 Å². The Labute approximate surface area is 112 Å². The van der Waals surface area contributed by atoms with Crippen molar-refractivity contribution in [2.75, 3.05) is 13.2 Å². The Balaban J connectivity index is 1.91. The molecule has 94 valence electrons. The lowest BCUT2D eigenvalue weighted by molar-refractivity contribution is 0.101. The molecule has 17 heavy (non-hydrogen) atoms. The molecule has 1 aromatic rings. The number of hydrogen-bond acceptors (Lipinski definition) is 2. The summed E-state index contributed by atoms with van der Waals surface area (Å²) in [5.41, 5.74) is 7.22. The predicted octanol–water partition coefficient (Wildman–Crippen LogP) is 3.45. The van der Waals surface area contributed by atoms with E-state index in [-0.39, 0.29) is 0 Å². The van der Waals surface area contributed by atoms with Gasteiger partial charge in [-0.05, 0) is 55.8 Å². The van der Waals surface area contributed by atoms with Crippen LogP contribution < -0.4 is 5.73 Å². The van der Waals surface area contributed by atoms with E-state index in [1.165, 1.54) is 18.4 Å². The molecule has 2 nitrogen and oxygen atoms in total. The molecule has 1 saturated heterocycles. The van der Waals surface area contributed by atoms with Gasteiger partial charge in [0.1, 0.15) is 0 Å². The third-order valence-electron chi connectivity index (χ3n) is 3.47. The van der Waals surface area contributed by atoms with Gasteiger partial charge < -0.3 is 10.5 Å². The zero-order chi connectivity index (χ0) is 12.1. The first-order chi connectivity index (χ1) is 8.29. The van der Waals surface area contributed by atoms with Gasteiger partial charge >= 0.3 is 0 Å². The second-order valence-electron chi connectivity index (χ2n) is 4.70. The molecule has 3 heteroatoms. The van der Waals surface area contributed by atoms with E-state index >= 15 is 0 Å². The van der Waals surface area contributed by atoms with Crippen LogP contribution in [0.5, 0.6) is 0 Å². The quantitative estimate of drug-likeness (QED) is 0.903. The largest absolute Gasteiger partial charge is 0.378 e. The van der Waals surface area contributed by atoms with Crippen LogP contribution in [0.25, 0.3) is 0 Å². The molecule has 1 aliphatic rings. The number of nitrogens with two attached hydrogens (primary N) is 1. The van der Waals surface area contributed by atoms with Crippen molar-refractivity contribution in [1.82, 2.24) is 0 Å². The SMILES string of the molecule is NCC(CCC1CCCO1)c1cccc(Br)c1. The van der Waals surface area contributed by atoms with Crippen molar-refractivity contribution in [3.8, 4) is 0 Å². The number of halogens is 1. The van der Waals surface area contributed by atoms with E-state index in [1.54, 1.807) is 0 Å². The first kappa shape index (κ1) is 13.1. The maximum absolute atomic E-state index is 5.88. The highest BCUT2D eigenvalue weighted by Crippen LogP contribution is 2.26. The molecule has 2 atom stereocenters. The van der Waals surface area contributed by atoms with Gasteiger partial charge in [-0.3, -0.25) is 0 Å². The Morgan fingerprint density at radius 1 is 1.47 bits per heavy atom. The van der Waals surface area contributed by atoms with Crippen molar-refractivity contribution in [2.45, 2.75) is 37.7 Å². The van der Waals surface area contributed by atoms with Crippen molar-refractivity contribution < 1.29 is 4.74 Å². The summed E-state index contributed by atoms with van der Waals surface area (Å²) in [6, 6.07) is 8.47. The van der Waals surface area contributed by atoms with Crippen LogP contribution in [0.2, 0.25) is 0 Å². The van der Waals surface area contributed by atoms with Gasteiger partial charge in [-0.2, -0.15) is 0 Å². The second-order valence-corrected chi connectivity index (χ2v) is 5.62. The van der Waals surface area contributed by atoms with Crippen LogP contribution in [0.1, 0.15) is 37.2 Å². The van der Waals surface area contributed by atoms with E-state index in [4.69, 9.17) is 10.5 Å². The fourth-order valence-electron chi connectivity index (χ4n) is 2.44. The van der Waals surface area contributed by atoms with Crippen molar-refractivity contribution in [2.24, 2.45) is 5.73 Å². The lowest BCUT2D eigenvalue weighted by Crippen LogP contribution is -2.15. The maximum atomic E-state index is 5.88. The van der Waals surface area contributed by atoms with Crippen LogP contribution >= 0.6 is 15.9 Å². The summed E-state index contributed by atoms with van der Waals surface area (Å²) in [4.78, 5) is 0. The Morgan fingerprint density at radius 2 is 2.35 bits per heavy atom. The summed E-state index contributed by atoms with van der Waals surface area (Å²) in [5, 5.41) is 0. The topological polar surface area (TPSA) is 35.2 Å². The Hall–Kier alpha value is -0.380. The van der Waals surface area contributed by atoms with Crippen LogP contribution in [0.15, 0.2) is 28.7 Å². The standard InChI is InChI=1S/C14H20BrNO/c15-13-4-1-3-11(9-13)12(10-16)6-7-14-5-2-8-17-14/h1,3-4,9,12,14H,2,5-8,10,16H2. The highest BCUT2D eigenvalue weighted by Gasteiger charge is 2.18. The minimum atomic E-state index is 0.455. The molecule has 1 aromatic carbocycles. The van der Waals surface area contributed by atoms with E-state index in [9.17, 15) is 0 Å². The van der Waals surface area contributed by atoms with Gasteiger partial charge in [0.2, 0.25) is 0 Å². The van der Waals surface area contributed by atoms with Gasteiger partial charge in [-0.25, -0.2) is 0 Å². The summed E-state index contributed by atoms with van der Waals surface area (Å²) in [5.74, 6) is 0.455. The molecule has 2 rings (SSSR count). The monoisotopic (exact) mass is 297 g/mol. The minimum Gasteiger partial charge on any atom is -0.378 e. The number of hydrogen-bond donors (Lipinski definition) is 1. The normalized spacial score (nSPS) is 21.6. The van der Waals surface area contributed by atoms with Gasteiger partial charge in [-0.15, -0.1) is 0 Å². The molecule has 1 aliphatic heterocycles. The predicted molar refractivity (Wildman–Crippen MR) is 74.1 cm³/mol. The van der Waals surface area contributed by atoms with E-state index < -0.39 is 0 Å². The average Bonchev–Trinajstić information content (AvgIpc) is 2.83. The number of rotatable bonds is 5. The molecule has 0 bridgehead atoms. The summed E-state index contributed by atoms with van der Waals surface area (Å²) >= 11 is 3.51. The van der Waals surface area contributed by atoms with E-state index in [1.807, 2.05) is 0 Å². The minimum absolute atomic E-state index is 0.455. The first-order valence-electron chi connectivity index (χ1n) is 6.36. The summed E-state index contributed by atoms with van der Waals surface area (Å²) < 4.78 is 6.79. The smallest absolute Gasteiger partial charge is 0.0576 e. The van der Waals surface area contributed by atoms with Crippen molar-refractivity contribution in [3.63, 3.8) is 0 Å². The van der Waals surface area contributed by atoms with Crippen molar-refractivity contribution in [3.05, 3.63) is 34.3 Å². The number of ether oxygens (including phenoxy) is 1. The van der Waals surface area contributed by atoms with Crippen LogP contribution in [0.3, 0.4) is 0 Å². The highest BCUT2D eigenvalue weighted by molar-refractivity contribution is 9.10. The van der Waals surface area contributed by atoms with Crippen LogP contribution in [0.4, 0.5) is 0 Å². The second kappa shape index (κ2) is 6.53. The van der Waals surface area contributed by atoms with Gasteiger partial charge in [-0.1, -0.05) is 28.1 Å². The molecule has 2 unspecified atom stereocenters. The Morgan fingerprint density at radius 3 is 3.00 bits per heavy atom. The zero-order valence-electron chi connectivity index (χ0n) is 10.1. The average molecular weight is 298 g/mol. The lowest BCUT2D eigenvalue weighted by Gasteiger charge is -2.17. The first-order valence-corrected chi connectivity index (χ1v) is 7.16. The summed E-state index contributed by atoms with van der Waals surface area (Å²) in [6.07, 6.45) is 5.16. The molecule has 0 aromatic heterocycles. The van der Waals surface area contributed by atoms with Gasteiger partial charge in [0.25, 0.3) is 0 Å². The van der Waals surface area contributed by atoms with Crippen molar-refractivity contribution in [1.29, 1.82) is 0 Å². The van der Waals surface area contributed by atoms with Gasteiger partial charge in [0.05, 0.1) is 6.10 Å². The summed E-state index contributed by atoms with van der Waals surface area (Å²) in [6.45, 7) is 1.65. The van der Waals surface area contributed by atoms with Gasteiger partial charge in [0.15, 0.2) is 0 Å². The lowest BCUT2D eigenvalue weighted by atomic mass is 9.92. The fourth-order valence-corrected chi connectivity index (χ4v) is 2.86. The third-order valence-corrected chi connectivity index (χ3v) is 3.96. The Bertz CT molecular complexity index is 350. The molecule has 1 fully saturated rings.